The van der Waals surface area contributed by atoms with Crippen molar-refractivity contribution in [2.75, 3.05) is 13.1 Å². The van der Waals surface area contributed by atoms with Crippen LogP contribution >= 0.6 is 0 Å². The van der Waals surface area contributed by atoms with Gasteiger partial charge in [0.2, 0.25) is 0 Å². The third kappa shape index (κ3) is 2.70. The summed E-state index contributed by atoms with van der Waals surface area (Å²) >= 11 is 0. The van der Waals surface area contributed by atoms with E-state index in [2.05, 4.69) is 15.1 Å². The summed E-state index contributed by atoms with van der Waals surface area (Å²) in [7, 11) is 0. The first-order valence-electron chi connectivity index (χ1n) is 7.35. The van der Waals surface area contributed by atoms with Gasteiger partial charge < -0.3 is 4.90 Å². The van der Waals surface area contributed by atoms with Crippen molar-refractivity contribution in [3.63, 3.8) is 0 Å². The summed E-state index contributed by atoms with van der Waals surface area (Å²) in [6.07, 6.45) is 4.30. The predicted octanol–water partition coefficient (Wildman–Crippen LogP) is 1.91. The normalized spacial score (nSPS) is 18.5. The van der Waals surface area contributed by atoms with Crippen LogP contribution in [0.1, 0.15) is 40.9 Å². The van der Waals surface area contributed by atoms with Crippen LogP contribution in [-0.4, -0.2) is 43.6 Å². The minimum atomic E-state index is -0.581. The van der Waals surface area contributed by atoms with Gasteiger partial charge in [-0.15, -0.1) is 0 Å². The number of hydrogen-bond donors (Lipinski definition) is 0. The van der Waals surface area contributed by atoms with Crippen molar-refractivity contribution < 1.29 is 9.18 Å². The van der Waals surface area contributed by atoms with Crippen LogP contribution in [0.15, 0.2) is 18.5 Å². The molecule has 116 valence electrons. The SMILES string of the molecule is Cc1nc(C)n(C2CCCN(C(=O)c3ccncc3F)C2)n1. The predicted molar refractivity (Wildman–Crippen MR) is 77.9 cm³/mol. The second kappa shape index (κ2) is 5.82. The molecule has 22 heavy (non-hydrogen) atoms. The van der Waals surface area contributed by atoms with E-state index in [1.807, 2.05) is 18.5 Å². The number of piperidine rings is 1. The lowest BCUT2D eigenvalue weighted by Crippen LogP contribution is -2.41. The van der Waals surface area contributed by atoms with Gasteiger partial charge in [0, 0.05) is 19.3 Å². The average molecular weight is 303 g/mol. The molecule has 2 aromatic heterocycles. The standard InChI is InChI=1S/C15H18FN5O/c1-10-18-11(2)21(19-10)12-4-3-7-20(9-12)15(22)13-5-6-17-8-14(13)16/h5-6,8,12H,3-4,7,9H2,1-2H3. The maximum Gasteiger partial charge on any atom is 0.257 e. The molecule has 0 N–H and O–H groups in total. The maximum absolute atomic E-state index is 13.7. The fourth-order valence-corrected chi connectivity index (χ4v) is 2.94. The van der Waals surface area contributed by atoms with Crippen molar-refractivity contribution >= 4 is 5.91 Å². The Hall–Kier alpha value is -2.31. The van der Waals surface area contributed by atoms with Crippen molar-refractivity contribution in [3.8, 4) is 0 Å². The summed E-state index contributed by atoms with van der Waals surface area (Å²) in [6, 6.07) is 1.51. The van der Waals surface area contributed by atoms with Gasteiger partial charge >= 0.3 is 0 Å². The first-order chi connectivity index (χ1) is 10.6. The summed E-state index contributed by atoms with van der Waals surface area (Å²) in [6.45, 7) is 4.90. The fourth-order valence-electron chi connectivity index (χ4n) is 2.94. The minimum absolute atomic E-state index is 0.0714. The molecular formula is C15H18FN5O. The van der Waals surface area contributed by atoms with Gasteiger partial charge in [0.25, 0.3) is 5.91 Å². The van der Waals surface area contributed by atoms with Crippen molar-refractivity contribution in [1.82, 2.24) is 24.6 Å². The van der Waals surface area contributed by atoms with Crippen LogP contribution in [0.3, 0.4) is 0 Å². The zero-order chi connectivity index (χ0) is 15.7. The highest BCUT2D eigenvalue weighted by atomic mass is 19.1. The number of amides is 1. The van der Waals surface area contributed by atoms with Crippen molar-refractivity contribution in [2.45, 2.75) is 32.7 Å². The molecule has 0 aliphatic carbocycles. The molecule has 1 saturated heterocycles. The molecule has 0 saturated carbocycles. The number of pyridine rings is 1. The Labute approximate surface area is 128 Å². The summed E-state index contributed by atoms with van der Waals surface area (Å²) < 4.78 is 15.6. The van der Waals surface area contributed by atoms with Gasteiger partial charge in [-0.05, 0) is 32.8 Å². The molecule has 0 bridgehead atoms. The third-order valence-corrected chi connectivity index (χ3v) is 3.94. The second-order valence-electron chi connectivity index (χ2n) is 5.55. The molecule has 1 fully saturated rings. The molecule has 3 rings (SSSR count). The quantitative estimate of drug-likeness (QED) is 0.850. The van der Waals surface area contributed by atoms with E-state index in [-0.39, 0.29) is 17.5 Å². The van der Waals surface area contributed by atoms with E-state index in [4.69, 9.17) is 0 Å². The van der Waals surface area contributed by atoms with E-state index >= 15 is 0 Å². The highest BCUT2D eigenvalue weighted by Gasteiger charge is 2.28. The van der Waals surface area contributed by atoms with Crippen LogP contribution in [0.5, 0.6) is 0 Å². The molecule has 1 atom stereocenters. The largest absolute Gasteiger partial charge is 0.336 e. The molecule has 1 amide bonds. The summed E-state index contributed by atoms with van der Waals surface area (Å²) in [4.78, 5) is 22.2. The van der Waals surface area contributed by atoms with Gasteiger partial charge in [-0.25, -0.2) is 14.1 Å². The molecule has 6 nitrogen and oxygen atoms in total. The topological polar surface area (TPSA) is 63.9 Å². The van der Waals surface area contributed by atoms with E-state index < -0.39 is 5.82 Å². The zero-order valence-corrected chi connectivity index (χ0v) is 12.7. The highest BCUT2D eigenvalue weighted by Crippen LogP contribution is 2.23. The number of aryl methyl sites for hydroxylation is 2. The molecule has 1 aliphatic rings. The van der Waals surface area contributed by atoms with Gasteiger partial charge in [-0.3, -0.25) is 9.78 Å². The van der Waals surface area contributed by atoms with Gasteiger partial charge in [-0.2, -0.15) is 5.10 Å². The fraction of sp³-hybridized carbons (Fsp3) is 0.467. The molecule has 7 heteroatoms. The number of nitrogens with zero attached hydrogens (tertiary/aromatic N) is 5. The number of hydrogen-bond acceptors (Lipinski definition) is 4. The molecular weight excluding hydrogens is 285 g/mol. The number of halogens is 1. The molecule has 3 heterocycles. The van der Waals surface area contributed by atoms with Crippen LogP contribution in [-0.2, 0) is 0 Å². The Morgan fingerprint density at radius 3 is 2.91 bits per heavy atom. The number of rotatable bonds is 2. The Morgan fingerprint density at radius 2 is 2.23 bits per heavy atom. The van der Waals surface area contributed by atoms with Crippen molar-refractivity contribution in [2.24, 2.45) is 0 Å². The molecule has 1 unspecified atom stereocenters. The average Bonchev–Trinajstić information content (AvgIpc) is 2.86. The Morgan fingerprint density at radius 1 is 1.41 bits per heavy atom. The van der Waals surface area contributed by atoms with E-state index in [0.29, 0.717) is 13.1 Å². The summed E-state index contributed by atoms with van der Waals surface area (Å²) in [5.41, 5.74) is 0.0714. The Balaban J connectivity index is 1.80. The smallest absolute Gasteiger partial charge is 0.257 e. The number of carbonyl (C=O) groups excluding carboxylic acids is 1. The molecule has 0 aromatic carbocycles. The Kier molecular flexibility index (Phi) is 3.87. The highest BCUT2D eigenvalue weighted by molar-refractivity contribution is 5.94. The van der Waals surface area contributed by atoms with Crippen molar-refractivity contribution in [1.29, 1.82) is 0 Å². The lowest BCUT2D eigenvalue weighted by molar-refractivity contribution is 0.0666. The minimum Gasteiger partial charge on any atom is -0.336 e. The Bertz CT molecular complexity index is 699. The molecule has 0 radical (unpaired) electrons. The first-order valence-corrected chi connectivity index (χ1v) is 7.35. The van der Waals surface area contributed by atoms with Crippen molar-refractivity contribution in [3.05, 3.63) is 41.5 Å². The van der Waals surface area contributed by atoms with Crippen LogP contribution in [0.2, 0.25) is 0 Å². The van der Waals surface area contributed by atoms with E-state index in [1.54, 1.807) is 4.90 Å². The van der Waals surface area contributed by atoms with Gasteiger partial charge in [0.15, 0.2) is 5.82 Å². The third-order valence-electron chi connectivity index (χ3n) is 3.94. The van der Waals surface area contributed by atoms with Crippen LogP contribution in [0.4, 0.5) is 4.39 Å². The van der Waals surface area contributed by atoms with Gasteiger partial charge in [0.05, 0.1) is 17.8 Å². The number of carbonyl (C=O) groups is 1. The maximum atomic E-state index is 13.7. The lowest BCUT2D eigenvalue weighted by Gasteiger charge is -2.33. The number of aromatic nitrogens is 4. The van der Waals surface area contributed by atoms with E-state index in [1.165, 1.54) is 12.3 Å². The first kappa shape index (κ1) is 14.6. The van der Waals surface area contributed by atoms with Crippen LogP contribution in [0.25, 0.3) is 0 Å². The van der Waals surface area contributed by atoms with Crippen LogP contribution < -0.4 is 0 Å². The molecule has 0 spiro atoms. The lowest BCUT2D eigenvalue weighted by atomic mass is 10.0. The molecule has 2 aromatic rings. The van der Waals surface area contributed by atoms with Gasteiger partial charge in [-0.1, -0.05) is 0 Å². The summed E-state index contributed by atoms with van der Waals surface area (Å²) in [5, 5.41) is 4.40. The second-order valence-corrected chi connectivity index (χ2v) is 5.55. The van der Waals surface area contributed by atoms with Crippen LogP contribution in [0, 0.1) is 19.7 Å². The summed E-state index contributed by atoms with van der Waals surface area (Å²) in [5.74, 6) is 0.689. The van der Waals surface area contributed by atoms with Gasteiger partial charge in [0.1, 0.15) is 11.6 Å². The van der Waals surface area contributed by atoms with E-state index in [0.717, 1.165) is 30.7 Å². The zero-order valence-electron chi connectivity index (χ0n) is 12.7. The number of likely N-dealkylation sites (tertiary alicyclic amines) is 1. The molecule has 1 aliphatic heterocycles. The van der Waals surface area contributed by atoms with E-state index in [9.17, 15) is 9.18 Å². The monoisotopic (exact) mass is 303 g/mol.